The number of nitrogen functional groups attached to an aromatic ring is 2. The molecule has 0 aliphatic carbocycles. The maximum absolute atomic E-state index is 12.0. The molecule has 0 radical (unpaired) electrons. The Bertz CT molecular complexity index is 843. The lowest BCUT2D eigenvalue weighted by Gasteiger charge is -2.28. The van der Waals surface area contributed by atoms with Crippen LogP contribution in [0.4, 0.5) is 17.5 Å². The zero-order valence-corrected chi connectivity index (χ0v) is 12.4. The zero-order valence-electron chi connectivity index (χ0n) is 12.4. The van der Waals surface area contributed by atoms with E-state index in [1.165, 1.54) is 0 Å². The van der Waals surface area contributed by atoms with Crippen molar-refractivity contribution in [2.45, 2.75) is 6.92 Å². The van der Waals surface area contributed by atoms with Crippen LogP contribution in [0.5, 0.6) is 5.75 Å². The Morgan fingerprint density at radius 3 is 2.87 bits per heavy atom. The van der Waals surface area contributed by atoms with Crippen LogP contribution in [0.2, 0.25) is 0 Å². The molecule has 0 atom stereocenters. The quantitative estimate of drug-likeness (QED) is 0.843. The number of nitriles is 1. The predicted molar refractivity (Wildman–Crippen MR) is 84.5 cm³/mol. The number of hydrogen-bond donors (Lipinski definition) is 2. The van der Waals surface area contributed by atoms with Crippen molar-refractivity contribution in [1.29, 1.82) is 5.26 Å². The lowest BCUT2D eigenvalue weighted by atomic mass is 10.0. The average molecular weight is 310 g/mol. The number of aromatic nitrogens is 2. The smallest absolute Gasteiger partial charge is 0.265 e. The largest absolute Gasteiger partial charge is 0.482 e. The van der Waals surface area contributed by atoms with Crippen LogP contribution in [0.1, 0.15) is 12.5 Å². The third-order valence-corrected chi connectivity index (χ3v) is 3.56. The van der Waals surface area contributed by atoms with Gasteiger partial charge in [0.25, 0.3) is 5.91 Å². The molecule has 0 fully saturated rings. The molecule has 0 unspecified atom stereocenters. The number of amides is 1. The van der Waals surface area contributed by atoms with Crippen LogP contribution in [-0.4, -0.2) is 29.0 Å². The van der Waals surface area contributed by atoms with Gasteiger partial charge >= 0.3 is 0 Å². The summed E-state index contributed by atoms with van der Waals surface area (Å²) in [6.07, 6.45) is 0. The second-order valence-electron chi connectivity index (χ2n) is 4.91. The summed E-state index contributed by atoms with van der Waals surface area (Å²) in [6.45, 7) is 2.40. The molecule has 1 aromatic carbocycles. The van der Waals surface area contributed by atoms with E-state index in [1.54, 1.807) is 23.1 Å². The summed E-state index contributed by atoms with van der Waals surface area (Å²) < 4.78 is 5.42. The van der Waals surface area contributed by atoms with Crippen molar-refractivity contribution in [3.05, 3.63) is 23.8 Å². The number of anilines is 3. The highest BCUT2D eigenvalue weighted by atomic mass is 16.5. The molecule has 2 heterocycles. The fraction of sp³-hybridized carbons (Fsp3) is 0.200. The fourth-order valence-electron chi connectivity index (χ4n) is 2.51. The Morgan fingerprint density at radius 2 is 2.17 bits per heavy atom. The molecule has 1 aliphatic rings. The Hall–Kier alpha value is -3.34. The maximum Gasteiger partial charge on any atom is 0.265 e. The third kappa shape index (κ3) is 2.38. The fourth-order valence-corrected chi connectivity index (χ4v) is 2.51. The van der Waals surface area contributed by atoms with Gasteiger partial charge in [0.1, 0.15) is 23.2 Å². The Morgan fingerprint density at radius 1 is 1.39 bits per heavy atom. The van der Waals surface area contributed by atoms with Crippen LogP contribution in [0.3, 0.4) is 0 Å². The SMILES string of the molecule is CCN1C(=O)COc2ccc(-c3nc(N)nc(N)c3C#N)cc21. The van der Waals surface area contributed by atoms with E-state index in [0.717, 1.165) is 0 Å². The van der Waals surface area contributed by atoms with Gasteiger partial charge in [0, 0.05) is 12.1 Å². The monoisotopic (exact) mass is 310 g/mol. The number of nitrogens with two attached hydrogens (primary N) is 2. The molecule has 4 N–H and O–H groups in total. The molecule has 2 aromatic rings. The molecule has 116 valence electrons. The summed E-state index contributed by atoms with van der Waals surface area (Å²) >= 11 is 0. The maximum atomic E-state index is 12.0. The van der Waals surface area contributed by atoms with E-state index < -0.39 is 0 Å². The van der Waals surface area contributed by atoms with E-state index in [4.69, 9.17) is 16.2 Å². The van der Waals surface area contributed by atoms with E-state index in [0.29, 0.717) is 29.2 Å². The molecule has 0 bridgehead atoms. The highest BCUT2D eigenvalue weighted by Gasteiger charge is 2.25. The normalized spacial score (nSPS) is 13.2. The van der Waals surface area contributed by atoms with E-state index >= 15 is 0 Å². The molecular weight excluding hydrogens is 296 g/mol. The minimum Gasteiger partial charge on any atom is -0.482 e. The van der Waals surface area contributed by atoms with Crippen molar-refractivity contribution in [1.82, 2.24) is 9.97 Å². The first kappa shape index (κ1) is 14.6. The van der Waals surface area contributed by atoms with Gasteiger partial charge in [0.05, 0.1) is 11.4 Å². The number of hydrogen-bond acceptors (Lipinski definition) is 7. The number of ether oxygens (including phenoxy) is 1. The second kappa shape index (κ2) is 5.46. The van der Waals surface area contributed by atoms with Crippen LogP contribution in [-0.2, 0) is 4.79 Å². The molecule has 8 heteroatoms. The number of likely N-dealkylation sites (N-methyl/N-ethyl adjacent to an activating group) is 1. The minimum atomic E-state index is -0.126. The van der Waals surface area contributed by atoms with E-state index in [9.17, 15) is 10.1 Å². The van der Waals surface area contributed by atoms with Crippen molar-refractivity contribution in [2.75, 3.05) is 29.5 Å². The Balaban J connectivity index is 2.19. The molecule has 0 spiro atoms. The standard InChI is InChI=1S/C15H14N6O2/c1-2-21-10-5-8(3-4-11(10)23-7-12(21)22)13-9(6-16)14(17)20-15(18)19-13/h3-5H,2,7H2,1H3,(H4,17,18,19,20). The summed E-state index contributed by atoms with van der Waals surface area (Å²) in [5.74, 6) is 0.476. The third-order valence-electron chi connectivity index (χ3n) is 3.56. The van der Waals surface area contributed by atoms with Crippen LogP contribution < -0.4 is 21.1 Å². The zero-order chi connectivity index (χ0) is 16.6. The van der Waals surface area contributed by atoms with Gasteiger partial charge in [0.15, 0.2) is 6.61 Å². The molecule has 3 rings (SSSR count). The van der Waals surface area contributed by atoms with Gasteiger partial charge in [-0.15, -0.1) is 0 Å². The van der Waals surface area contributed by atoms with Crippen molar-refractivity contribution in [2.24, 2.45) is 0 Å². The summed E-state index contributed by atoms with van der Waals surface area (Å²) in [4.78, 5) is 21.5. The second-order valence-corrected chi connectivity index (χ2v) is 4.91. The van der Waals surface area contributed by atoms with E-state index in [1.807, 2.05) is 13.0 Å². The Kier molecular flexibility index (Phi) is 3.46. The van der Waals surface area contributed by atoms with Crippen LogP contribution in [0.15, 0.2) is 18.2 Å². The van der Waals surface area contributed by atoms with Crippen LogP contribution in [0, 0.1) is 11.3 Å². The first-order chi connectivity index (χ1) is 11.0. The van der Waals surface area contributed by atoms with E-state index in [-0.39, 0.29) is 29.8 Å². The molecule has 8 nitrogen and oxygen atoms in total. The van der Waals surface area contributed by atoms with Crippen molar-refractivity contribution >= 4 is 23.4 Å². The molecule has 1 amide bonds. The predicted octanol–water partition coefficient (Wildman–Crippen LogP) is 0.925. The lowest BCUT2D eigenvalue weighted by molar-refractivity contribution is -0.121. The number of carbonyl (C=O) groups is 1. The molecule has 23 heavy (non-hydrogen) atoms. The Labute approximate surface area is 132 Å². The summed E-state index contributed by atoms with van der Waals surface area (Å²) in [7, 11) is 0. The number of carbonyl (C=O) groups excluding carboxylic acids is 1. The minimum absolute atomic E-state index is 0.0109. The van der Waals surface area contributed by atoms with Gasteiger partial charge in [-0.3, -0.25) is 4.79 Å². The van der Waals surface area contributed by atoms with E-state index in [2.05, 4.69) is 9.97 Å². The van der Waals surface area contributed by atoms with Crippen LogP contribution >= 0.6 is 0 Å². The van der Waals surface area contributed by atoms with Gasteiger partial charge in [-0.2, -0.15) is 10.2 Å². The van der Waals surface area contributed by atoms with Crippen molar-refractivity contribution < 1.29 is 9.53 Å². The number of rotatable bonds is 2. The number of fused-ring (bicyclic) bond motifs is 1. The van der Waals surface area contributed by atoms with Gasteiger partial charge in [-0.1, -0.05) is 0 Å². The van der Waals surface area contributed by atoms with Gasteiger partial charge in [-0.05, 0) is 25.1 Å². The summed E-state index contributed by atoms with van der Waals surface area (Å²) in [5, 5.41) is 9.29. The molecule has 1 aromatic heterocycles. The van der Waals surface area contributed by atoms with Crippen molar-refractivity contribution in [3.8, 4) is 23.1 Å². The summed E-state index contributed by atoms with van der Waals surface area (Å²) in [6, 6.07) is 7.19. The summed E-state index contributed by atoms with van der Waals surface area (Å²) in [5.41, 5.74) is 13.1. The number of benzene rings is 1. The lowest BCUT2D eigenvalue weighted by Crippen LogP contribution is -2.38. The van der Waals surface area contributed by atoms with Crippen LogP contribution in [0.25, 0.3) is 11.3 Å². The number of nitrogens with zero attached hydrogens (tertiary/aromatic N) is 4. The molecule has 0 saturated heterocycles. The topological polar surface area (TPSA) is 131 Å². The highest BCUT2D eigenvalue weighted by Crippen LogP contribution is 2.36. The first-order valence-electron chi connectivity index (χ1n) is 6.95. The first-order valence-corrected chi connectivity index (χ1v) is 6.95. The van der Waals surface area contributed by atoms with Crippen molar-refractivity contribution in [3.63, 3.8) is 0 Å². The van der Waals surface area contributed by atoms with Gasteiger partial charge < -0.3 is 21.1 Å². The van der Waals surface area contributed by atoms with Gasteiger partial charge in [-0.25, -0.2) is 4.98 Å². The average Bonchev–Trinajstić information content (AvgIpc) is 2.53. The van der Waals surface area contributed by atoms with Gasteiger partial charge in [0.2, 0.25) is 5.95 Å². The molecule has 1 aliphatic heterocycles. The molecular formula is C15H14N6O2. The highest BCUT2D eigenvalue weighted by molar-refractivity contribution is 5.98. The molecule has 0 saturated carbocycles.